The number of esters is 2. The highest BCUT2D eigenvalue weighted by molar-refractivity contribution is 7.14. The molecule has 4 N–H and O–H groups in total. The summed E-state index contributed by atoms with van der Waals surface area (Å²) in [6.07, 6.45) is 0.479. The predicted molar refractivity (Wildman–Crippen MR) is 98.0 cm³/mol. The summed E-state index contributed by atoms with van der Waals surface area (Å²) in [4.78, 5) is 50.2. The van der Waals surface area contributed by atoms with Crippen LogP contribution >= 0.6 is 11.3 Å². The van der Waals surface area contributed by atoms with E-state index in [9.17, 15) is 19.2 Å². The summed E-state index contributed by atoms with van der Waals surface area (Å²) in [5, 5.41) is 4.35. The lowest BCUT2D eigenvalue weighted by Gasteiger charge is -2.06. The van der Waals surface area contributed by atoms with Gasteiger partial charge in [-0.05, 0) is 30.4 Å². The van der Waals surface area contributed by atoms with Crippen molar-refractivity contribution < 1.29 is 28.7 Å². The van der Waals surface area contributed by atoms with Crippen molar-refractivity contribution in [3.05, 3.63) is 39.5 Å². The van der Waals surface area contributed by atoms with Crippen LogP contribution in [0.1, 0.15) is 49.4 Å². The summed E-state index contributed by atoms with van der Waals surface area (Å²) < 4.78 is 9.73. The molecule has 9 nitrogen and oxygen atoms in total. The number of thiophene rings is 1. The molecule has 0 aliphatic rings. The predicted octanol–water partition coefficient (Wildman–Crippen LogP) is 1.63. The van der Waals surface area contributed by atoms with Crippen molar-refractivity contribution in [1.29, 1.82) is 0 Å². The number of rotatable bonds is 7. The molecule has 10 heteroatoms. The molecule has 0 aliphatic heterocycles. The van der Waals surface area contributed by atoms with Crippen molar-refractivity contribution in [1.82, 2.24) is 4.98 Å². The molecule has 0 saturated heterocycles. The first kappa shape index (κ1) is 20.2. The van der Waals surface area contributed by atoms with Crippen molar-refractivity contribution in [3.8, 4) is 0 Å². The van der Waals surface area contributed by atoms with Gasteiger partial charge in [-0.2, -0.15) is 0 Å². The van der Waals surface area contributed by atoms with Crippen molar-refractivity contribution in [2.75, 3.05) is 19.0 Å². The van der Waals surface area contributed by atoms with Crippen LogP contribution in [0.5, 0.6) is 0 Å². The van der Waals surface area contributed by atoms with Crippen LogP contribution < -0.4 is 11.1 Å². The van der Waals surface area contributed by atoms with E-state index in [1.165, 1.54) is 13.2 Å². The number of carbonyl (C=O) groups excluding carboxylic acids is 4. The van der Waals surface area contributed by atoms with E-state index in [4.69, 9.17) is 15.2 Å². The van der Waals surface area contributed by atoms with Crippen LogP contribution in [0.25, 0.3) is 0 Å². The summed E-state index contributed by atoms with van der Waals surface area (Å²) in [5.74, 6) is -2.64. The maximum atomic E-state index is 12.3. The number of H-pyrrole nitrogens is 1. The molecular formula is C17H19N3O6S. The summed E-state index contributed by atoms with van der Waals surface area (Å²) in [5.41, 5.74) is 6.67. The highest BCUT2D eigenvalue weighted by atomic mass is 32.1. The quantitative estimate of drug-likeness (QED) is 0.611. The number of hydrogen-bond donors (Lipinski definition) is 3. The molecule has 2 aromatic heterocycles. The van der Waals surface area contributed by atoms with Gasteiger partial charge in [0.05, 0.1) is 18.2 Å². The molecule has 0 saturated carbocycles. The van der Waals surface area contributed by atoms with Crippen molar-refractivity contribution in [2.45, 2.75) is 20.3 Å². The Morgan fingerprint density at radius 3 is 2.56 bits per heavy atom. The molecule has 0 spiro atoms. The Bertz CT molecular complexity index is 899. The average Bonchev–Trinajstić information content (AvgIpc) is 3.23. The van der Waals surface area contributed by atoms with Crippen LogP contribution in [-0.4, -0.2) is 42.5 Å². The minimum absolute atomic E-state index is 0.0778. The van der Waals surface area contributed by atoms with E-state index in [1.807, 2.05) is 6.92 Å². The molecule has 2 rings (SSSR count). The lowest BCUT2D eigenvalue weighted by atomic mass is 10.1. The number of primary amides is 1. The third-order valence-electron chi connectivity index (χ3n) is 3.79. The topological polar surface area (TPSA) is 141 Å². The van der Waals surface area contributed by atoms with Crippen LogP contribution in [0.4, 0.5) is 5.00 Å². The number of amides is 2. The normalized spacial score (nSPS) is 10.3. The Morgan fingerprint density at radius 2 is 1.96 bits per heavy atom. The third-order valence-corrected chi connectivity index (χ3v) is 4.62. The fraction of sp³-hybridized carbons (Fsp3) is 0.294. The minimum Gasteiger partial charge on any atom is -0.465 e. The second-order valence-corrected chi connectivity index (χ2v) is 6.39. The maximum absolute atomic E-state index is 12.3. The Balaban J connectivity index is 2.06. The van der Waals surface area contributed by atoms with Crippen LogP contribution in [0, 0.1) is 6.92 Å². The molecule has 0 bridgehead atoms. The van der Waals surface area contributed by atoms with Gasteiger partial charge in [-0.25, -0.2) is 9.59 Å². The molecule has 0 aliphatic carbocycles. The second kappa shape index (κ2) is 8.49. The molecule has 0 fully saturated rings. The number of anilines is 1. The summed E-state index contributed by atoms with van der Waals surface area (Å²) >= 11 is 1.12. The zero-order valence-corrected chi connectivity index (χ0v) is 15.8. The fourth-order valence-corrected chi connectivity index (χ4v) is 3.28. The summed E-state index contributed by atoms with van der Waals surface area (Å²) in [6.45, 7) is 2.84. The van der Waals surface area contributed by atoms with Gasteiger partial charge in [-0.1, -0.05) is 6.92 Å². The Labute approximate surface area is 158 Å². The van der Waals surface area contributed by atoms with Crippen LogP contribution in [-0.2, 0) is 20.7 Å². The van der Waals surface area contributed by atoms with Gasteiger partial charge < -0.3 is 25.5 Å². The van der Waals surface area contributed by atoms with E-state index in [0.717, 1.165) is 11.3 Å². The molecule has 2 heterocycles. The summed E-state index contributed by atoms with van der Waals surface area (Å²) in [6, 6.07) is 1.48. The number of ether oxygens (including phenoxy) is 2. The van der Waals surface area contributed by atoms with E-state index in [-0.39, 0.29) is 21.8 Å². The lowest BCUT2D eigenvalue weighted by Crippen LogP contribution is -2.22. The maximum Gasteiger partial charge on any atom is 0.355 e. The zero-order chi connectivity index (χ0) is 20.1. The second-order valence-electron chi connectivity index (χ2n) is 5.48. The third kappa shape index (κ3) is 4.34. The fourth-order valence-electron chi connectivity index (χ4n) is 2.47. The van der Waals surface area contributed by atoms with Crippen molar-refractivity contribution >= 4 is 40.1 Å². The van der Waals surface area contributed by atoms with E-state index in [1.54, 1.807) is 12.3 Å². The number of carbonyl (C=O) groups is 4. The van der Waals surface area contributed by atoms with Crippen LogP contribution in [0.2, 0.25) is 0 Å². The van der Waals surface area contributed by atoms with E-state index < -0.39 is 30.4 Å². The SMILES string of the molecule is CCc1[nH]c(C(=O)OCC(=O)Nc2sccc2C(N)=O)c(C)c1C(=O)OC. The van der Waals surface area contributed by atoms with Crippen LogP contribution in [0.15, 0.2) is 11.4 Å². The smallest absolute Gasteiger partial charge is 0.355 e. The molecule has 27 heavy (non-hydrogen) atoms. The monoisotopic (exact) mass is 393 g/mol. The zero-order valence-electron chi connectivity index (χ0n) is 15.0. The van der Waals surface area contributed by atoms with Gasteiger partial charge in [-0.3, -0.25) is 9.59 Å². The molecule has 144 valence electrons. The number of aromatic nitrogens is 1. The van der Waals surface area contributed by atoms with E-state index in [2.05, 4.69) is 10.3 Å². The highest BCUT2D eigenvalue weighted by Gasteiger charge is 2.25. The van der Waals surface area contributed by atoms with Gasteiger partial charge in [0.2, 0.25) is 0 Å². The van der Waals surface area contributed by atoms with Crippen molar-refractivity contribution in [3.63, 3.8) is 0 Å². The molecule has 2 aromatic rings. The van der Waals surface area contributed by atoms with Crippen molar-refractivity contribution in [2.24, 2.45) is 5.73 Å². The van der Waals surface area contributed by atoms with Gasteiger partial charge in [0.1, 0.15) is 10.7 Å². The largest absolute Gasteiger partial charge is 0.465 e. The number of nitrogens with two attached hydrogens (primary N) is 1. The number of aromatic amines is 1. The van der Waals surface area contributed by atoms with E-state index in [0.29, 0.717) is 17.7 Å². The number of hydrogen-bond acceptors (Lipinski definition) is 7. The molecular weight excluding hydrogens is 374 g/mol. The van der Waals surface area contributed by atoms with Gasteiger partial charge in [0.25, 0.3) is 11.8 Å². The molecule has 0 unspecified atom stereocenters. The Hall–Kier alpha value is -3.14. The number of nitrogens with one attached hydrogen (secondary N) is 2. The first-order valence-corrected chi connectivity index (χ1v) is 8.82. The number of methoxy groups -OCH3 is 1. The molecule has 0 atom stereocenters. The van der Waals surface area contributed by atoms with Gasteiger partial charge in [-0.15, -0.1) is 11.3 Å². The van der Waals surface area contributed by atoms with Crippen LogP contribution in [0.3, 0.4) is 0 Å². The summed E-state index contributed by atoms with van der Waals surface area (Å²) in [7, 11) is 1.25. The van der Waals surface area contributed by atoms with Gasteiger partial charge in [0, 0.05) is 5.69 Å². The molecule has 0 radical (unpaired) electrons. The number of aryl methyl sites for hydroxylation is 1. The molecule has 0 aromatic carbocycles. The van der Waals surface area contributed by atoms with E-state index >= 15 is 0 Å². The lowest BCUT2D eigenvalue weighted by molar-refractivity contribution is -0.119. The Morgan fingerprint density at radius 1 is 1.26 bits per heavy atom. The Kier molecular flexibility index (Phi) is 6.35. The highest BCUT2D eigenvalue weighted by Crippen LogP contribution is 2.23. The molecule has 2 amide bonds. The average molecular weight is 393 g/mol. The minimum atomic E-state index is -0.784. The van der Waals surface area contributed by atoms with Gasteiger partial charge in [0.15, 0.2) is 6.61 Å². The standard InChI is InChI=1S/C17H19N3O6S/c1-4-10-12(16(23)25-3)8(2)13(19-10)17(24)26-7-11(21)20-15-9(14(18)22)5-6-27-15/h5-6,19H,4,7H2,1-3H3,(H2,18,22)(H,20,21). The first-order valence-electron chi connectivity index (χ1n) is 7.94. The first-order chi connectivity index (χ1) is 12.8. The van der Waals surface area contributed by atoms with Gasteiger partial charge >= 0.3 is 11.9 Å².